The molecule has 1 unspecified atom stereocenters. The summed E-state index contributed by atoms with van der Waals surface area (Å²) in [7, 11) is 0. The summed E-state index contributed by atoms with van der Waals surface area (Å²) in [4.78, 5) is 4.58. The summed E-state index contributed by atoms with van der Waals surface area (Å²) < 4.78 is 0. The maximum Gasteiger partial charge on any atom is 0.0435 e. The van der Waals surface area contributed by atoms with E-state index in [1.165, 1.54) is 36.1 Å². The van der Waals surface area contributed by atoms with Crippen LogP contribution in [0.3, 0.4) is 0 Å². The Hall–Kier alpha value is -0.850. The third-order valence-electron chi connectivity index (χ3n) is 3.70. The number of hydrogen-bond acceptors (Lipinski definition) is 1. The Labute approximate surface area is 92.9 Å². The van der Waals surface area contributed by atoms with E-state index in [1.807, 2.05) is 0 Å². The van der Waals surface area contributed by atoms with Gasteiger partial charge in [0.25, 0.3) is 0 Å². The van der Waals surface area contributed by atoms with Gasteiger partial charge in [-0.05, 0) is 48.6 Å². The highest BCUT2D eigenvalue weighted by molar-refractivity contribution is 5.28. The highest BCUT2D eigenvalue weighted by Gasteiger charge is 2.21. The minimum atomic E-state index is 0.809. The molecular weight excluding hydrogens is 182 g/mol. The van der Waals surface area contributed by atoms with Crippen molar-refractivity contribution in [3.63, 3.8) is 0 Å². The molecule has 1 heteroatoms. The molecule has 1 aliphatic carbocycles. The number of aromatic nitrogens is 1. The van der Waals surface area contributed by atoms with Crippen LogP contribution in [0, 0.1) is 11.8 Å². The van der Waals surface area contributed by atoms with E-state index in [4.69, 9.17) is 0 Å². The van der Waals surface area contributed by atoms with Crippen LogP contribution in [-0.4, -0.2) is 4.98 Å². The number of pyridine rings is 1. The van der Waals surface area contributed by atoms with Crippen molar-refractivity contribution in [1.29, 1.82) is 0 Å². The lowest BCUT2D eigenvalue weighted by Crippen LogP contribution is -2.20. The van der Waals surface area contributed by atoms with Crippen molar-refractivity contribution < 1.29 is 0 Å². The van der Waals surface area contributed by atoms with Crippen LogP contribution < -0.4 is 0 Å². The summed E-state index contributed by atoms with van der Waals surface area (Å²) in [6, 6.07) is 2.37. The standard InChI is InChI=1S/C14H21N/c1-4-11-7-13-8-12(10(2)3)5-6-14(13)15-9-11/h7,9-10,12H,4-6,8H2,1-3H3. The minimum Gasteiger partial charge on any atom is -0.261 e. The summed E-state index contributed by atoms with van der Waals surface area (Å²) in [6.07, 6.45) is 6.90. The monoisotopic (exact) mass is 203 g/mol. The molecule has 82 valence electrons. The van der Waals surface area contributed by atoms with Crippen LogP contribution in [0.25, 0.3) is 0 Å². The van der Waals surface area contributed by atoms with Gasteiger partial charge in [0.05, 0.1) is 0 Å². The first kappa shape index (κ1) is 10.7. The van der Waals surface area contributed by atoms with Gasteiger partial charge in [-0.3, -0.25) is 4.98 Å². The van der Waals surface area contributed by atoms with Crippen LogP contribution in [0.15, 0.2) is 12.3 Å². The lowest BCUT2D eigenvalue weighted by molar-refractivity contribution is 0.340. The second-order valence-electron chi connectivity index (χ2n) is 5.05. The van der Waals surface area contributed by atoms with Crippen LogP contribution in [0.4, 0.5) is 0 Å². The maximum absolute atomic E-state index is 4.58. The smallest absolute Gasteiger partial charge is 0.0435 e. The predicted octanol–water partition coefficient (Wildman–Crippen LogP) is 3.40. The molecule has 1 atom stereocenters. The van der Waals surface area contributed by atoms with Gasteiger partial charge in [-0.15, -0.1) is 0 Å². The summed E-state index contributed by atoms with van der Waals surface area (Å²) in [5.74, 6) is 1.68. The van der Waals surface area contributed by atoms with Gasteiger partial charge >= 0.3 is 0 Å². The van der Waals surface area contributed by atoms with Crippen molar-refractivity contribution in [2.24, 2.45) is 11.8 Å². The molecule has 1 aromatic rings. The molecule has 0 N–H and O–H groups in total. The van der Waals surface area contributed by atoms with Gasteiger partial charge in [0.15, 0.2) is 0 Å². The summed E-state index contributed by atoms with van der Waals surface area (Å²) in [5, 5.41) is 0. The highest BCUT2D eigenvalue weighted by atomic mass is 14.7. The Kier molecular flexibility index (Phi) is 3.08. The molecule has 0 bridgehead atoms. The summed E-state index contributed by atoms with van der Waals surface area (Å²) >= 11 is 0. The molecule has 15 heavy (non-hydrogen) atoms. The van der Waals surface area contributed by atoms with E-state index in [2.05, 4.69) is 38.0 Å². The molecule has 0 radical (unpaired) electrons. The van der Waals surface area contributed by atoms with Crippen molar-refractivity contribution in [2.75, 3.05) is 0 Å². The minimum absolute atomic E-state index is 0.809. The average Bonchev–Trinajstić information content (AvgIpc) is 2.27. The highest BCUT2D eigenvalue weighted by Crippen LogP contribution is 2.29. The fourth-order valence-corrected chi connectivity index (χ4v) is 2.46. The van der Waals surface area contributed by atoms with E-state index in [0.29, 0.717) is 0 Å². The Bertz CT molecular complexity index is 341. The van der Waals surface area contributed by atoms with Crippen molar-refractivity contribution in [3.8, 4) is 0 Å². The van der Waals surface area contributed by atoms with Crippen LogP contribution in [0.1, 0.15) is 44.0 Å². The first-order chi connectivity index (χ1) is 7.20. The molecule has 0 amide bonds. The Balaban J connectivity index is 2.23. The van der Waals surface area contributed by atoms with E-state index >= 15 is 0 Å². The van der Waals surface area contributed by atoms with Gasteiger partial charge in [-0.1, -0.05) is 26.8 Å². The van der Waals surface area contributed by atoms with Crippen LogP contribution in [0.2, 0.25) is 0 Å². The van der Waals surface area contributed by atoms with Gasteiger partial charge in [0.1, 0.15) is 0 Å². The Morgan fingerprint density at radius 1 is 1.47 bits per heavy atom. The molecule has 0 spiro atoms. The van der Waals surface area contributed by atoms with E-state index in [-0.39, 0.29) is 0 Å². The first-order valence-electron chi connectivity index (χ1n) is 6.17. The molecular formula is C14H21N. The van der Waals surface area contributed by atoms with Crippen LogP contribution >= 0.6 is 0 Å². The van der Waals surface area contributed by atoms with Crippen molar-refractivity contribution in [3.05, 3.63) is 29.1 Å². The zero-order valence-corrected chi connectivity index (χ0v) is 10.1. The number of fused-ring (bicyclic) bond motifs is 1. The molecule has 1 nitrogen and oxygen atoms in total. The molecule has 1 aliphatic rings. The molecule has 0 saturated carbocycles. The number of hydrogen-bond donors (Lipinski definition) is 0. The van der Waals surface area contributed by atoms with Crippen LogP contribution in [0.5, 0.6) is 0 Å². The summed E-state index contributed by atoms with van der Waals surface area (Å²) in [5.41, 5.74) is 4.25. The number of nitrogens with zero attached hydrogens (tertiary/aromatic N) is 1. The lowest BCUT2D eigenvalue weighted by Gasteiger charge is -2.27. The Morgan fingerprint density at radius 2 is 2.27 bits per heavy atom. The van der Waals surface area contributed by atoms with Gasteiger partial charge in [0.2, 0.25) is 0 Å². The molecule has 0 saturated heterocycles. The quantitative estimate of drug-likeness (QED) is 0.718. The Morgan fingerprint density at radius 3 is 2.93 bits per heavy atom. The molecule has 1 aromatic heterocycles. The largest absolute Gasteiger partial charge is 0.261 e. The number of rotatable bonds is 2. The second kappa shape index (κ2) is 4.34. The fourth-order valence-electron chi connectivity index (χ4n) is 2.46. The van der Waals surface area contributed by atoms with E-state index in [1.54, 1.807) is 0 Å². The van der Waals surface area contributed by atoms with Gasteiger partial charge < -0.3 is 0 Å². The van der Waals surface area contributed by atoms with Gasteiger partial charge in [-0.2, -0.15) is 0 Å². The zero-order chi connectivity index (χ0) is 10.8. The fraction of sp³-hybridized carbons (Fsp3) is 0.643. The first-order valence-corrected chi connectivity index (χ1v) is 6.17. The van der Waals surface area contributed by atoms with Gasteiger partial charge in [-0.25, -0.2) is 0 Å². The van der Waals surface area contributed by atoms with Crippen molar-refractivity contribution in [1.82, 2.24) is 4.98 Å². The molecule has 0 fully saturated rings. The van der Waals surface area contributed by atoms with E-state index in [9.17, 15) is 0 Å². The predicted molar refractivity (Wildman–Crippen MR) is 64.0 cm³/mol. The maximum atomic E-state index is 4.58. The van der Waals surface area contributed by atoms with Crippen LogP contribution in [-0.2, 0) is 19.3 Å². The van der Waals surface area contributed by atoms with Crippen molar-refractivity contribution >= 4 is 0 Å². The zero-order valence-electron chi connectivity index (χ0n) is 10.1. The average molecular weight is 203 g/mol. The second-order valence-corrected chi connectivity index (χ2v) is 5.05. The van der Waals surface area contributed by atoms with Gasteiger partial charge in [0, 0.05) is 11.9 Å². The lowest BCUT2D eigenvalue weighted by atomic mass is 9.80. The molecule has 1 heterocycles. The van der Waals surface area contributed by atoms with Crippen molar-refractivity contribution in [2.45, 2.75) is 46.5 Å². The number of aryl methyl sites for hydroxylation is 2. The summed E-state index contributed by atoms with van der Waals surface area (Å²) in [6.45, 7) is 6.88. The topological polar surface area (TPSA) is 12.9 Å². The third-order valence-corrected chi connectivity index (χ3v) is 3.70. The van der Waals surface area contributed by atoms with E-state index in [0.717, 1.165) is 18.3 Å². The van der Waals surface area contributed by atoms with E-state index < -0.39 is 0 Å². The molecule has 0 aromatic carbocycles. The molecule has 0 aliphatic heterocycles. The molecule has 2 rings (SSSR count). The third kappa shape index (κ3) is 2.22. The SMILES string of the molecule is CCc1cnc2c(c1)CC(C(C)C)CC2. The normalized spacial score (nSPS) is 20.4.